The molecule has 2 aromatic carbocycles. The summed E-state index contributed by atoms with van der Waals surface area (Å²) < 4.78 is 1.58. The number of thioether (sulfide) groups is 1. The normalized spacial score (nSPS) is 15.1. The molecule has 0 radical (unpaired) electrons. The summed E-state index contributed by atoms with van der Waals surface area (Å²) in [7, 11) is 1.55. The van der Waals surface area contributed by atoms with Crippen LogP contribution < -0.4 is 16.0 Å². The summed E-state index contributed by atoms with van der Waals surface area (Å²) in [6, 6.07) is 16.2. The van der Waals surface area contributed by atoms with Crippen LogP contribution in [0.5, 0.6) is 0 Å². The zero-order valence-electron chi connectivity index (χ0n) is 16.1. The number of benzene rings is 2. The van der Waals surface area contributed by atoms with Gasteiger partial charge in [-0.15, -0.1) is 11.8 Å². The van der Waals surface area contributed by atoms with E-state index in [0.717, 1.165) is 16.3 Å². The van der Waals surface area contributed by atoms with Crippen LogP contribution in [0.15, 0.2) is 65.7 Å². The van der Waals surface area contributed by atoms with Gasteiger partial charge in [-0.1, -0.05) is 12.1 Å². The molecule has 2 heterocycles. The largest absolute Gasteiger partial charge is 0.354 e. The number of anilines is 2. The average Bonchev–Trinajstić information content (AvgIpc) is 3.24. The number of nitrogens with one attached hydrogen (secondary N) is 3. The van der Waals surface area contributed by atoms with E-state index in [-0.39, 0.29) is 24.1 Å². The van der Waals surface area contributed by atoms with Gasteiger partial charge in [0.05, 0.1) is 16.6 Å². The summed E-state index contributed by atoms with van der Waals surface area (Å²) in [5, 5.41) is 11.9. The first-order valence-corrected chi connectivity index (χ1v) is 10.2. The first-order chi connectivity index (χ1) is 14.5. The SMILES string of the molecule is CNC(=O)c1ccn(-c2ccc(NC(=O)C[C@H]3Sc4ccccc4NC3=O)cc2)n1. The van der Waals surface area contributed by atoms with Crippen LogP contribution in [-0.2, 0) is 9.59 Å². The summed E-state index contributed by atoms with van der Waals surface area (Å²) in [4.78, 5) is 37.3. The lowest BCUT2D eigenvalue weighted by Crippen LogP contribution is -2.32. The lowest BCUT2D eigenvalue weighted by atomic mass is 10.2. The third-order valence-corrected chi connectivity index (χ3v) is 5.82. The molecule has 3 aromatic rings. The Labute approximate surface area is 177 Å². The number of para-hydroxylation sites is 1. The molecule has 0 bridgehead atoms. The average molecular weight is 421 g/mol. The summed E-state index contributed by atoms with van der Waals surface area (Å²) in [5.41, 5.74) is 2.46. The van der Waals surface area contributed by atoms with Gasteiger partial charge in [0, 0.05) is 30.2 Å². The van der Waals surface area contributed by atoms with Crippen molar-refractivity contribution in [1.29, 1.82) is 0 Å². The zero-order valence-corrected chi connectivity index (χ0v) is 16.9. The summed E-state index contributed by atoms with van der Waals surface area (Å²) in [6.45, 7) is 0. The van der Waals surface area contributed by atoms with Crippen molar-refractivity contribution in [3.05, 3.63) is 66.5 Å². The molecule has 1 aromatic heterocycles. The minimum absolute atomic E-state index is 0.0707. The van der Waals surface area contributed by atoms with Gasteiger partial charge in [-0.05, 0) is 42.5 Å². The maximum atomic E-state index is 12.4. The molecule has 152 valence electrons. The van der Waals surface area contributed by atoms with Crippen molar-refractivity contribution in [2.24, 2.45) is 0 Å². The number of hydrogen-bond acceptors (Lipinski definition) is 5. The number of carbonyl (C=O) groups excluding carboxylic acids is 3. The number of nitrogens with zero attached hydrogens (tertiary/aromatic N) is 2. The molecule has 8 nitrogen and oxygen atoms in total. The Morgan fingerprint density at radius 2 is 1.90 bits per heavy atom. The van der Waals surface area contributed by atoms with E-state index >= 15 is 0 Å². The van der Waals surface area contributed by atoms with Gasteiger partial charge < -0.3 is 16.0 Å². The van der Waals surface area contributed by atoms with Crippen LogP contribution in [0.25, 0.3) is 5.69 Å². The van der Waals surface area contributed by atoms with Crippen molar-refractivity contribution in [2.75, 3.05) is 17.7 Å². The van der Waals surface area contributed by atoms with Crippen molar-refractivity contribution in [3.8, 4) is 5.69 Å². The highest BCUT2D eigenvalue weighted by Crippen LogP contribution is 2.36. The molecule has 3 amide bonds. The molecule has 1 aliphatic rings. The molecule has 9 heteroatoms. The number of aromatic nitrogens is 2. The molecule has 0 fully saturated rings. The van der Waals surface area contributed by atoms with Crippen LogP contribution in [0.3, 0.4) is 0 Å². The molecule has 1 atom stereocenters. The van der Waals surface area contributed by atoms with E-state index in [4.69, 9.17) is 0 Å². The third kappa shape index (κ3) is 4.20. The Morgan fingerprint density at radius 1 is 1.13 bits per heavy atom. The van der Waals surface area contributed by atoms with E-state index < -0.39 is 5.25 Å². The first kappa shape index (κ1) is 19.7. The maximum absolute atomic E-state index is 12.4. The van der Waals surface area contributed by atoms with Gasteiger partial charge >= 0.3 is 0 Å². The second-order valence-electron chi connectivity index (χ2n) is 6.62. The molecule has 30 heavy (non-hydrogen) atoms. The molecule has 0 aliphatic carbocycles. The van der Waals surface area contributed by atoms with E-state index in [0.29, 0.717) is 11.4 Å². The predicted molar refractivity (Wildman–Crippen MR) is 115 cm³/mol. The summed E-state index contributed by atoms with van der Waals surface area (Å²) >= 11 is 1.39. The Morgan fingerprint density at radius 3 is 2.67 bits per heavy atom. The van der Waals surface area contributed by atoms with Crippen molar-refractivity contribution < 1.29 is 14.4 Å². The van der Waals surface area contributed by atoms with Crippen LogP contribution in [0.2, 0.25) is 0 Å². The van der Waals surface area contributed by atoms with E-state index in [2.05, 4.69) is 21.0 Å². The fraction of sp³-hybridized carbons (Fsp3) is 0.143. The quantitative estimate of drug-likeness (QED) is 0.587. The fourth-order valence-electron chi connectivity index (χ4n) is 3.02. The second kappa shape index (κ2) is 8.42. The van der Waals surface area contributed by atoms with Gasteiger partial charge in [-0.2, -0.15) is 5.10 Å². The van der Waals surface area contributed by atoms with Crippen molar-refractivity contribution in [3.63, 3.8) is 0 Å². The molecule has 4 rings (SSSR count). The van der Waals surface area contributed by atoms with Crippen LogP contribution >= 0.6 is 11.8 Å². The number of hydrogen-bond donors (Lipinski definition) is 3. The lowest BCUT2D eigenvalue weighted by molar-refractivity contribution is -0.120. The van der Waals surface area contributed by atoms with Crippen LogP contribution in [0.1, 0.15) is 16.9 Å². The van der Waals surface area contributed by atoms with Crippen molar-refractivity contribution >= 4 is 40.9 Å². The minimum atomic E-state index is -0.480. The standard InChI is InChI=1S/C21H19N5O3S/c1-22-20(28)16-10-11-26(25-16)14-8-6-13(7-9-14)23-19(27)12-18-21(29)24-15-4-2-3-5-17(15)30-18/h2-11,18H,12H2,1H3,(H,22,28)(H,23,27)(H,24,29)/t18-/m1/s1. The minimum Gasteiger partial charge on any atom is -0.354 e. The molecule has 0 saturated heterocycles. The molecule has 1 aliphatic heterocycles. The van der Waals surface area contributed by atoms with Crippen LogP contribution in [-0.4, -0.2) is 39.8 Å². The maximum Gasteiger partial charge on any atom is 0.271 e. The van der Waals surface area contributed by atoms with E-state index in [9.17, 15) is 14.4 Å². The molecule has 0 unspecified atom stereocenters. The molecule has 3 N–H and O–H groups in total. The zero-order chi connectivity index (χ0) is 21.1. The van der Waals surface area contributed by atoms with E-state index in [1.807, 2.05) is 24.3 Å². The van der Waals surface area contributed by atoms with Crippen LogP contribution in [0.4, 0.5) is 11.4 Å². The molecule has 0 saturated carbocycles. The van der Waals surface area contributed by atoms with Crippen molar-refractivity contribution in [1.82, 2.24) is 15.1 Å². The third-order valence-electron chi connectivity index (χ3n) is 4.54. The Kier molecular flexibility index (Phi) is 5.53. The highest BCUT2D eigenvalue weighted by atomic mass is 32.2. The number of fused-ring (bicyclic) bond motifs is 1. The van der Waals surface area contributed by atoms with Gasteiger partial charge in [0.2, 0.25) is 11.8 Å². The molecular formula is C21H19N5O3S. The van der Waals surface area contributed by atoms with Gasteiger partial charge in [0.15, 0.2) is 5.69 Å². The highest BCUT2D eigenvalue weighted by Gasteiger charge is 2.28. The monoisotopic (exact) mass is 421 g/mol. The topological polar surface area (TPSA) is 105 Å². The van der Waals surface area contributed by atoms with Crippen molar-refractivity contribution in [2.45, 2.75) is 16.6 Å². The summed E-state index contributed by atoms with van der Waals surface area (Å²) in [6.07, 6.45) is 1.76. The Balaban J connectivity index is 1.38. The van der Waals surface area contributed by atoms with Gasteiger partial charge in [0.1, 0.15) is 0 Å². The molecule has 0 spiro atoms. The van der Waals surface area contributed by atoms with Gasteiger partial charge in [0.25, 0.3) is 5.91 Å². The number of carbonyl (C=O) groups is 3. The fourth-order valence-corrected chi connectivity index (χ4v) is 4.13. The second-order valence-corrected chi connectivity index (χ2v) is 7.86. The lowest BCUT2D eigenvalue weighted by Gasteiger charge is -2.23. The summed E-state index contributed by atoms with van der Waals surface area (Å²) in [5.74, 6) is -0.671. The Hall–Kier alpha value is -3.59. The predicted octanol–water partition coefficient (Wildman–Crippen LogP) is 2.67. The molecular weight excluding hydrogens is 402 g/mol. The van der Waals surface area contributed by atoms with Gasteiger partial charge in [-0.3, -0.25) is 14.4 Å². The number of rotatable bonds is 5. The Bertz CT molecular complexity index is 1110. The highest BCUT2D eigenvalue weighted by molar-refractivity contribution is 8.01. The number of amides is 3. The van der Waals surface area contributed by atoms with E-state index in [1.165, 1.54) is 11.8 Å². The first-order valence-electron chi connectivity index (χ1n) is 9.28. The van der Waals surface area contributed by atoms with Crippen LogP contribution in [0, 0.1) is 0 Å². The van der Waals surface area contributed by atoms with E-state index in [1.54, 1.807) is 48.3 Å². The van der Waals surface area contributed by atoms with Gasteiger partial charge in [-0.25, -0.2) is 4.68 Å². The smallest absolute Gasteiger partial charge is 0.271 e.